The average molecular weight is 351 g/mol. The summed E-state index contributed by atoms with van der Waals surface area (Å²) in [6.45, 7) is 11.8. The van der Waals surface area contributed by atoms with Gasteiger partial charge in [0.05, 0.1) is 24.3 Å². The summed E-state index contributed by atoms with van der Waals surface area (Å²) in [5.41, 5.74) is -2.07. The van der Waals surface area contributed by atoms with E-state index in [4.69, 9.17) is 14.2 Å². The first-order chi connectivity index (χ1) is 9.56. The summed E-state index contributed by atoms with van der Waals surface area (Å²) in [6, 6.07) is 0. The number of carboxylic acids is 1. The molecule has 0 N–H and O–H groups in total. The van der Waals surface area contributed by atoms with Crippen molar-refractivity contribution < 1.29 is 50.6 Å². The molecule has 6 nitrogen and oxygen atoms in total. The molecular formula is C15H27O6Ti. The second kappa shape index (κ2) is 10.5. The Morgan fingerprint density at radius 3 is 1.59 bits per heavy atom. The van der Waals surface area contributed by atoms with Crippen molar-refractivity contribution in [2.75, 3.05) is 0 Å². The van der Waals surface area contributed by atoms with Gasteiger partial charge in [-0.15, -0.1) is 0 Å². The maximum atomic E-state index is 12.6. The van der Waals surface area contributed by atoms with Crippen molar-refractivity contribution in [3.8, 4) is 0 Å². The van der Waals surface area contributed by atoms with E-state index in [1.54, 1.807) is 48.5 Å². The van der Waals surface area contributed by atoms with Crippen LogP contribution in [0.2, 0.25) is 0 Å². The van der Waals surface area contributed by atoms with E-state index in [9.17, 15) is 14.7 Å². The molecule has 0 fully saturated rings. The van der Waals surface area contributed by atoms with E-state index in [0.29, 0.717) is 0 Å². The van der Waals surface area contributed by atoms with Crippen molar-refractivity contribution in [3.05, 3.63) is 0 Å². The molecule has 0 aliphatic heterocycles. The zero-order valence-electron chi connectivity index (χ0n) is 14.5. The van der Waals surface area contributed by atoms with E-state index in [-0.39, 0.29) is 40.3 Å². The number of rotatable bonds is 10. The Hall–Kier alpha value is -0.266. The summed E-state index contributed by atoms with van der Waals surface area (Å²) in [5.74, 6) is -2.35. The van der Waals surface area contributed by atoms with Gasteiger partial charge >= 0.3 is 21.7 Å². The number of carbonyl (C=O) groups excluding carboxylic acids is 2. The molecule has 0 bridgehead atoms. The van der Waals surface area contributed by atoms with E-state index in [1.807, 2.05) is 0 Å². The first-order valence-corrected chi connectivity index (χ1v) is 7.31. The van der Waals surface area contributed by atoms with Crippen molar-refractivity contribution in [1.29, 1.82) is 0 Å². The van der Waals surface area contributed by atoms with Crippen LogP contribution in [-0.4, -0.2) is 42.0 Å². The summed E-state index contributed by atoms with van der Waals surface area (Å²) in [6.07, 6.45) is -2.42. The number of carboxylic acid groups (broad SMARTS) is 1. The van der Waals surface area contributed by atoms with E-state index < -0.39 is 29.7 Å². The van der Waals surface area contributed by atoms with Crippen LogP contribution in [0, 0.1) is 0 Å². The van der Waals surface area contributed by atoms with Crippen molar-refractivity contribution in [1.82, 2.24) is 0 Å². The molecule has 1 atom stereocenters. The van der Waals surface area contributed by atoms with Crippen LogP contribution in [0.25, 0.3) is 0 Å². The topological polar surface area (TPSA) is 84.9 Å². The number of carbonyl (C=O) groups is 2. The first-order valence-electron chi connectivity index (χ1n) is 7.31. The van der Waals surface area contributed by atoms with Gasteiger partial charge in [0.15, 0.2) is 5.60 Å². The Morgan fingerprint density at radius 2 is 1.36 bits per heavy atom. The van der Waals surface area contributed by atoms with Gasteiger partial charge in [-0.25, -0.2) is 0 Å². The molecule has 0 aliphatic carbocycles. The largest absolute Gasteiger partial charge is 1.00 e. The molecule has 1 radical (unpaired) electrons. The van der Waals surface area contributed by atoms with Gasteiger partial charge in [-0.3, -0.25) is 4.79 Å². The Kier molecular flexibility index (Phi) is 11.4. The molecule has 0 saturated heterocycles. The molecule has 0 spiro atoms. The van der Waals surface area contributed by atoms with Gasteiger partial charge in [0, 0.05) is 0 Å². The summed E-state index contributed by atoms with van der Waals surface area (Å²) >= 11 is 0. The normalized spacial score (nSPS) is 14.3. The van der Waals surface area contributed by atoms with Crippen molar-refractivity contribution >= 4 is 11.8 Å². The van der Waals surface area contributed by atoms with Crippen LogP contribution >= 0.6 is 0 Å². The zero-order valence-corrected chi connectivity index (χ0v) is 16.0. The molecule has 0 heterocycles. The summed E-state index contributed by atoms with van der Waals surface area (Å²) in [5, 5.41) is 11.5. The van der Waals surface area contributed by atoms with Crippen LogP contribution in [0.15, 0.2) is 0 Å². The maximum Gasteiger partial charge on any atom is 1.00 e. The van der Waals surface area contributed by atoms with Crippen LogP contribution in [0.3, 0.4) is 0 Å². The standard InChI is InChI=1S/C15H28O6.Ti/c1-8-15(14(17)18,21-11(6)7)12(16)13(19-9(2)3)20-10(4)5;/h9-11,13H,8H2,1-7H3,(H,17,18);/q;+1/p-1. The molecule has 22 heavy (non-hydrogen) atoms. The minimum atomic E-state index is -2.07. The molecule has 0 rings (SSSR count). The fourth-order valence-corrected chi connectivity index (χ4v) is 1.85. The van der Waals surface area contributed by atoms with Gasteiger partial charge in [0.25, 0.3) is 0 Å². The predicted octanol–water partition coefficient (Wildman–Crippen LogP) is 1.05. The molecule has 0 saturated carbocycles. The minimum Gasteiger partial charge on any atom is -0.546 e. The second-order valence-electron chi connectivity index (χ2n) is 5.70. The fraction of sp³-hybridized carbons (Fsp3) is 0.867. The van der Waals surface area contributed by atoms with E-state index in [2.05, 4.69) is 0 Å². The number of hydrogen-bond donors (Lipinski definition) is 0. The van der Waals surface area contributed by atoms with Gasteiger partial charge in [0.1, 0.15) is 0 Å². The first kappa shape index (κ1) is 24.0. The van der Waals surface area contributed by atoms with Gasteiger partial charge in [0.2, 0.25) is 12.1 Å². The molecule has 7 heteroatoms. The molecule has 0 aliphatic rings. The van der Waals surface area contributed by atoms with E-state index in [0.717, 1.165) is 0 Å². The van der Waals surface area contributed by atoms with Crippen LogP contribution in [-0.2, 0) is 45.5 Å². The third-order valence-electron chi connectivity index (χ3n) is 2.67. The molecular weight excluding hydrogens is 324 g/mol. The zero-order chi connectivity index (χ0) is 16.8. The quantitative estimate of drug-likeness (QED) is 0.332. The summed E-state index contributed by atoms with van der Waals surface area (Å²) in [4.78, 5) is 24.2. The Morgan fingerprint density at radius 1 is 0.955 bits per heavy atom. The molecule has 0 aromatic carbocycles. The van der Waals surface area contributed by atoms with Crippen LogP contribution in [0.5, 0.6) is 0 Å². The average Bonchev–Trinajstić information content (AvgIpc) is 2.32. The van der Waals surface area contributed by atoms with Crippen LogP contribution in [0.1, 0.15) is 54.9 Å². The molecule has 127 valence electrons. The van der Waals surface area contributed by atoms with Gasteiger partial charge < -0.3 is 24.1 Å². The van der Waals surface area contributed by atoms with Gasteiger partial charge in [-0.1, -0.05) is 6.92 Å². The van der Waals surface area contributed by atoms with Crippen molar-refractivity contribution in [3.63, 3.8) is 0 Å². The van der Waals surface area contributed by atoms with Gasteiger partial charge in [-0.05, 0) is 48.0 Å². The molecule has 0 amide bonds. The number of ether oxygens (including phenoxy) is 3. The number of aliphatic carboxylic acids is 1. The van der Waals surface area contributed by atoms with E-state index >= 15 is 0 Å². The Labute approximate surface area is 147 Å². The van der Waals surface area contributed by atoms with E-state index in [1.165, 1.54) is 0 Å². The SMILES string of the molecule is CCC(OC(C)C)(C(=O)[O-])C(=O)C(OC(C)C)OC(C)C.[Ti+]. The van der Waals surface area contributed by atoms with Crippen molar-refractivity contribution in [2.45, 2.75) is 85.1 Å². The number of ketones is 1. The smallest absolute Gasteiger partial charge is 0.546 e. The molecule has 1 unspecified atom stereocenters. The fourth-order valence-electron chi connectivity index (χ4n) is 1.85. The molecule has 0 aromatic heterocycles. The second-order valence-corrected chi connectivity index (χ2v) is 5.70. The number of Topliss-reactive ketones (excluding diaryl/α,β-unsaturated/α-hetero) is 1. The monoisotopic (exact) mass is 351 g/mol. The summed E-state index contributed by atoms with van der Waals surface area (Å²) < 4.78 is 16.2. The summed E-state index contributed by atoms with van der Waals surface area (Å²) in [7, 11) is 0. The predicted molar refractivity (Wildman–Crippen MR) is 75.5 cm³/mol. The third-order valence-corrected chi connectivity index (χ3v) is 2.67. The Bertz CT molecular complexity index is 346. The minimum absolute atomic E-state index is 0. The van der Waals surface area contributed by atoms with Crippen molar-refractivity contribution in [2.24, 2.45) is 0 Å². The number of hydrogen-bond acceptors (Lipinski definition) is 6. The van der Waals surface area contributed by atoms with Crippen LogP contribution < -0.4 is 5.11 Å². The third kappa shape index (κ3) is 6.88. The van der Waals surface area contributed by atoms with Crippen LogP contribution in [0.4, 0.5) is 0 Å². The Balaban J connectivity index is 0. The molecule has 0 aromatic rings. The van der Waals surface area contributed by atoms with Gasteiger partial charge in [-0.2, -0.15) is 0 Å². The maximum absolute atomic E-state index is 12.6.